The second-order valence-corrected chi connectivity index (χ2v) is 9.60. The van der Waals surface area contributed by atoms with Gasteiger partial charge >= 0.3 is 19.4 Å². The monoisotopic (exact) mass is 445 g/mol. The van der Waals surface area contributed by atoms with Crippen molar-refractivity contribution in [1.29, 1.82) is 0 Å². The molecule has 2 rings (SSSR count). The molecule has 0 unspecified atom stereocenters. The highest BCUT2D eigenvalue weighted by atomic mass is 19.4. The second-order valence-electron chi connectivity index (χ2n) is 9.60. The van der Waals surface area contributed by atoms with Crippen molar-refractivity contribution in [1.82, 2.24) is 0 Å². The number of nitrogens with two attached hydrogens (primary N) is 1. The second kappa shape index (κ2) is 8.54. The van der Waals surface area contributed by atoms with Crippen LogP contribution < -0.4 is 15.9 Å². The molecule has 10 heteroatoms. The molecule has 1 fully saturated rings. The summed E-state index contributed by atoms with van der Waals surface area (Å²) >= 11 is 0. The Bertz CT molecular complexity index is 797. The van der Waals surface area contributed by atoms with Crippen LogP contribution in [0.4, 0.5) is 18.0 Å². The predicted octanol–water partition coefficient (Wildman–Crippen LogP) is 4.28. The van der Waals surface area contributed by atoms with Crippen LogP contribution in [0.2, 0.25) is 0 Å². The molecule has 0 radical (unpaired) electrons. The number of rotatable bonds is 7. The van der Waals surface area contributed by atoms with E-state index < -0.39 is 41.8 Å². The number of halogens is 3. The van der Waals surface area contributed by atoms with Crippen LogP contribution >= 0.6 is 0 Å². The number of primary amides is 1. The molecular formula is C21H31BF3NO5. The Balaban J connectivity index is 2.31. The Kier molecular flexibility index (Phi) is 6.98. The molecule has 0 saturated carbocycles. The summed E-state index contributed by atoms with van der Waals surface area (Å²) in [6.07, 6.45) is -5.32. The van der Waals surface area contributed by atoms with Crippen LogP contribution in [0.1, 0.15) is 60.5 Å². The van der Waals surface area contributed by atoms with Crippen molar-refractivity contribution in [3.05, 3.63) is 23.8 Å². The van der Waals surface area contributed by atoms with Gasteiger partial charge in [0.15, 0.2) is 0 Å². The molecule has 1 heterocycles. The fourth-order valence-corrected chi connectivity index (χ4v) is 3.49. The smallest absolute Gasteiger partial charge is 0.489 e. The number of benzene rings is 1. The summed E-state index contributed by atoms with van der Waals surface area (Å²) in [6.45, 7) is 12.4. The Morgan fingerprint density at radius 3 is 2.16 bits per heavy atom. The number of carbonyl (C=O) groups is 1. The molecule has 1 amide bonds. The van der Waals surface area contributed by atoms with Gasteiger partial charge in [0.05, 0.1) is 16.8 Å². The van der Waals surface area contributed by atoms with Crippen molar-refractivity contribution >= 4 is 18.7 Å². The lowest BCUT2D eigenvalue weighted by Gasteiger charge is -2.32. The van der Waals surface area contributed by atoms with Crippen molar-refractivity contribution in [2.75, 3.05) is 6.61 Å². The van der Waals surface area contributed by atoms with Gasteiger partial charge in [0, 0.05) is 0 Å². The zero-order valence-electron chi connectivity index (χ0n) is 19.1. The van der Waals surface area contributed by atoms with Gasteiger partial charge in [0.1, 0.15) is 18.0 Å². The van der Waals surface area contributed by atoms with Crippen molar-refractivity contribution < 1.29 is 36.7 Å². The number of amides is 1. The first-order chi connectivity index (χ1) is 14.0. The van der Waals surface area contributed by atoms with E-state index in [2.05, 4.69) is 0 Å². The maximum absolute atomic E-state index is 13.8. The van der Waals surface area contributed by atoms with Crippen LogP contribution in [0.25, 0.3) is 0 Å². The van der Waals surface area contributed by atoms with E-state index in [4.69, 9.17) is 24.5 Å². The lowest BCUT2D eigenvalue weighted by Crippen LogP contribution is -2.41. The molecule has 31 heavy (non-hydrogen) atoms. The molecule has 0 bridgehead atoms. The summed E-state index contributed by atoms with van der Waals surface area (Å²) in [7, 11) is -0.940. The molecule has 1 saturated heterocycles. The summed E-state index contributed by atoms with van der Waals surface area (Å²) in [5, 5.41) is 0. The van der Waals surface area contributed by atoms with E-state index in [9.17, 15) is 18.0 Å². The van der Waals surface area contributed by atoms with Gasteiger partial charge in [-0.25, -0.2) is 4.79 Å². The third kappa shape index (κ3) is 6.07. The minimum absolute atomic E-state index is 0.0979. The van der Waals surface area contributed by atoms with Crippen molar-refractivity contribution in [3.63, 3.8) is 0 Å². The van der Waals surface area contributed by atoms with Crippen LogP contribution in [0.3, 0.4) is 0 Å². The van der Waals surface area contributed by atoms with E-state index in [0.717, 1.165) is 6.07 Å². The molecule has 1 aliphatic rings. The maximum Gasteiger partial charge on any atom is 0.494 e. The van der Waals surface area contributed by atoms with Gasteiger partial charge in [-0.05, 0) is 64.6 Å². The zero-order valence-corrected chi connectivity index (χ0v) is 19.1. The molecule has 2 N–H and O–H groups in total. The summed E-state index contributed by atoms with van der Waals surface area (Å²) in [4.78, 5) is 11.3. The summed E-state index contributed by atoms with van der Waals surface area (Å²) in [6, 6.07) is 3.66. The Morgan fingerprint density at radius 1 is 1.16 bits per heavy atom. The number of ether oxygens (including phenoxy) is 2. The molecule has 1 aliphatic heterocycles. The fourth-order valence-electron chi connectivity index (χ4n) is 3.49. The molecule has 1 atom stereocenters. The number of hydrogen-bond donors (Lipinski definition) is 1. The van der Waals surface area contributed by atoms with Gasteiger partial charge in [-0.2, -0.15) is 13.2 Å². The lowest BCUT2D eigenvalue weighted by atomic mass is 9.78. The average molecular weight is 445 g/mol. The normalized spacial score (nSPS) is 19.9. The predicted molar refractivity (Wildman–Crippen MR) is 111 cm³/mol. The van der Waals surface area contributed by atoms with Crippen LogP contribution in [-0.2, 0) is 20.2 Å². The SMILES string of the molecule is CC(C)C[C@@](C)(COc1ccc(B2OC(C)(C)C(C)(C)O2)cc1C(F)(F)F)OC(N)=O. The van der Waals surface area contributed by atoms with Crippen molar-refractivity contribution in [2.45, 2.75) is 77.9 Å². The quantitative estimate of drug-likeness (QED) is 0.634. The number of alkyl halides is 3. The number of hydrogen-bond acceptors (Lipinski definition) is 5. The first-order valence-electron chi connectivity index (χ1n) is 10.1. The summed E-state index contributed by atoms with van der Waals surface area (Å²) < 4.78 is 63.7. The molecule has 0 aromatic heterocycles. The highest BCUT2D eigenvalue weighted by Crippen LogP contribution is 2.39. The first kappa shape index (κ1) is 25.3. The van der Waals surface area contributed by atoms with Gasteiger partial charge < -0.3 is 24.5 Å². The maximum atomic E-state index is 13.8. The highest BCUT2D eigenvalue weighted by Gasteiger charge is 2.52. The van der Waals surface area contributed by atoms with Crippen molar-refractivity contribution in [3.8, 4) is 5.75 Å². The van der Waals surface area contributed by atoms with E-state index in [1.54, 1.807) is 6.92 Å². The van der Waals surface area contributed by atoms with E-state index >= 15 is 0 Å². The fraction of sp³-hybridized carbons (Fsp3) is 0.667. The van der Waals surface area contributed by atoms with Gasteiger partial charge in [0.25, 0.3) is 0 Å². The lowest BCUT2D eigenvalue weighted by molar-refractivity contribution is -0.139. The first-order valence-corrected chi connectivity index (χ1v) is 10.1. The van der Waals surface area contributed by atoms with Crippen LogP contribution in [-0.4, -0.2) is 36.6 Å². The van der Waals surface area contributed by atoms with Gasteiger partial charge in [-0.15, -0.1) is 0 Å². The third-order valence-corrected chi connectivity index (χ3v) is 5.55. The molecule has 0 spiro atoms. The van der Waals surface area contributed by atoms with Crippen LogP contribution in [0, 0.1) is 5.92 Å². The van der Waals surface area contributed by atoms with Crippen molar-refractivity contribution in [2.24, 2.45) is 11.7 Å². The van der Waals surface area contributed by atoms with Gasteiger partial charge in [0.2, 0.25) is 0 Å². The minimum atomic E-state index is -4.67. The van der Waals surface area contributed by atoms with Crippen LogP contribution in [0.5, 0.6) is 5.75 Å². The molecular weight excluding hydrogens is 414 g/mol. The van der Waals surface area contributed by atoms with E-state index in [1.807, 2.05) is 41.5 Å². The topological polar surface area (TPSA) is 80.0 Å². The van der Waals surface area contributed by atoms with E-state index in [1.165, 1.54) is 12.1 Å². The average Bonchev–Trinajstić information content (AvgIpc) is 2.78. The summed E-state index contributed by atoms with van der Waals surface area (Å²) in [5.74, 6) is -0.281. The Morgan fingerprint density at radius 2 is 1.71 bits per heavy atom. The molecule has 1 aromatic rings. The standard InChI is InChI=1S/C21H31BF3NO5/c1-13(2)11-20(7,29-17(26)27)12-28-16-9-8-14(10-15(16)21(23,24)25)22-30-18(3,4)19(5,6)31-22/h8-10,13H,11-12H2,1-7H3,(H2,26,27)/t20-/m0/s1. The Labute approximate surface area is 181 Å². The molecule has 6 nitrogen and oxygen atoms in total. The molecule has 174 valence electrons. The van der Waals surface area contributed by atoms with E-state index in [-0.39, 0.29) is 23.7 Å². The van der Waals surface area contributed by atoms with E-state index in [0.29, 0.717) is 6.42 Å². The zero-order chi connectivity index (χ0) is 23.8. The molecule has 1 aromatic carbocycles. The van der Waals surface area contributed by atoms with Gasteiger partial charge in [-0.3, -0.25) is 0 Å². The van der Waals surface area contributed by atoms with Gasteiger partial charge in [-0.1, -0.05) is 19.9 Å². The minimum Gasteiger partial charge on any atom is -0.489 e. The van der Waals surface area contributed by atoms with Crippen LogP contribution in [0.15, 0.2) is 18.2 Å². The molecule has 0 aliphatic carbocycles. The Hall–Kier alpha value is -1.94. The number of carbonyl (C=O) groups excluding carboxylic acids is 1. The third-order valence-electron chi connectivity index (χ3n) is 5.55. The summed E-state index contributed by atoms with van der Waals surface area (Å²) in [5.41, 5.74) is 1.86. The highest BCUT2D eigenvalue weighted by molar-refractivity contribution is 6.62. The largest absolute Gasteiger partial charge is 0.494 e.